The summed E-state index contributed by atoms with van der Waals surface area (Å²) in [7, 11) is -4.53. The molecule has 174 valence electrons. The summed E-state index contributed by atoms with van der Waals surface area (Å²) in [4.78, 5) is 13.2. The van der Waals surface area contributed by atoms with Crippen molar-refractivity contribution < 1.29 is 21.6 Å². The van der Waals surface area contributed by atoms with Crippen molar-refractivity contribution in [2.45, 2.75) is 29.6 Å². The number of hydrogen-bond acceptors (Lipinski definition) is 5. The molecule has 2 aromatic rings. The van der Waals surface area contributed by atoms with Gasteiger partial charge in [-0.3, -0.25) is 4.79 Å². The van der Waals surface area contributed by atoms with Gasteiger partial charge in [0.05, 0.1) is 15.7 Å². The smallest absolute Gasteiger partial charge is 0.243 e. The zero-order valence-corrected chi connectivity index (χ0v) is 20.5. The molecule has 1 unspecified atom stereocenters. The van der Waals surface area contributed by atoms with Gasteiger partial charge in [-0.2, -0.15) is 4.31 Å². The molecule has 1 saturated heterocycles. The molecule has 2 aromatic carbocycles. The van der Waals surface area contributed by atoms with E-state index in [2.05, 4.69) is 5.32 Å². The van der Waals surface area contributed by atoms with Crippen molar-refractivity contribution in [3.8, 4) is 0 Å². The lowest BCUT2D eigenvalue weighted by atomic mass is 9.98. The summed E-state index contributed by atoms with van der Waals surface area (Å²) >= 11 is 5.86. The Morgan fingerprint density at radius 3 is 2.31 bits per heavy atom. The van der Waals surface area contributed by atoms with E-state index in [4.69, 9.17) is 11.6 Å². The molecule has 0 aliphatic carbocycles. The molecule has 1 N–H and O–H groups in total. The van der Waals surface area contributed by atoms with Crippen molar-refractivity contribution >= 4 is 43.2 Å². The van der Waals surface area contributed by atoms with Crippen molar-refractivity contribution in [2.24, 2.45) is 5.92 Å². The van der Waals surface area contributed by atoms with Gasteiger partial charge < -0.3 is 5.32 Å². The van der Waals surface area contributed by atoms with Gasteiger partial charge in [0, 0.05) is 37.9 Å². The van der Waals surface area contributed by atoms with Crippen molar-refractivity contribution in [3.05, 3.63) is 53.1 Å². The van der Waals surface area contributed by atoms with Crippen LogP contribution in [-0.4, -0.2) is 58.5 Å². The molecule has 8 nitrogen and oxygen atoms in total. The maximum atomic E-state index is 13.0. The van der Waals surface area contributed by atoms with Crippen molar-refractivity contribution in [1.29, 1.82) is 0 Å². The third-order valence-corrected chi connectivity index (χ3v) is 9.39. The molecule has 0 aromatic heterocycles. The molecule has 1 aliphatic rings. The van der Waals surface area contributed by atoms with E-state index in [1.807, 2.05) is 0 Å². The van der Waals surface area contributed by atoms with E-state index in [-0.39, 0.29) is 22.2 Å². The first kappa shape index (κ1) is 24.7. The van der Waals surface area contributed by atoms with Gasteiger partial charge in [0.1, 0.15) is 0 Å². The van der Waals surface area contributed by atoms with Crippen LogP contribution in [0.5, 0.6) is 0 Å². The molecule has 0 bridgehead atoms. The summed E-state index contributed by atoms with van der Waals surface area (Å²) in [5.41, 5.74) is 1.09. The Hall–Kier alpha value is -1.98. The zero-order chi connectivity index (χ0) is 23.7. The molecule has 0 radical (unpaired) electrons. The summed E-state index contributed by atoms with van der Waals surface area (Å²) < 4.78 is 53.2. The molecule has 0 spiro atoms. The van der Waals surface area contributed by atoms with Crippen LogP contribution in [0, 0.1) is 12.8 Å². The van der Waals surface area contributed by atoms with Gasteiger partial charge in [-0.25, -0.2) is 21.1 Å². The van der Waals surface area contributed by atoms with E-state index in [0.29, 0.717) is 35.7 Å². The Bertz CT molecular complexity index is 1210. The average molecular weight is 500 g/mol. The quantitative estimate of drug-likeness (QED) is 0.658. The Kier molecular flexibility index (Phi) is 7.31. The fourth-order valence-electron chi connectivity index (χ4n) is 3.47. The molecule has 32 heavy (non-hydrogen) atoms. The largest absolute Gasteiger partial charge is 0.326 e. The van der Waals surface area contributed by atoms with E-state index in [9.17, 15) is 21.6 Å². The maximum Gasteiger partial charge on any atom is 0.243 e. The van der Waals surface area contributed by atoms with Gasteiger partial charge in [0.2, 0.25) is 26.0 Å². The summed E-state index contributed by atoms with van der Waals surface area (Å²) in [6.45, 7) is 2.13. The summed E-state index contributed by atoms with van der Waals surface area (Å²) in [6, 6.07) is 10.5. The maximum absolute atomic E-state index is 13.0. The number of carbonyl (C=O) groups excluding carboxylic acids is 1. The van der Waals surface area contributed by atoms with Gasteiger partial charge in [-0.1, -0.05) is 17.7 Å². The Balaban J connectivity index is 1.78. The predicted octanol–water partition coefficient (Wildman–Crippen LogP) is 2.94. The van der Waals surface area contributed by atoms with E-state index < -0.39 is 26.0 Å². The third kappa shape index (κ3) is 5.15. The first-order chi connectivity index (χ1) is 14.9. The minimum Gasteiger partial charge on any atom is -0.326 e. The van der Waals surface area contributed by atoms with E-state index >= 15 is 0 Å². The van der Waals surface area contributed by atoms with Crippen LogP contribution in [0.15, 0.2) is 52.3 Å². The van der Waals surface area contributed by atoms with Crippen LogP contribution >= 0.6 is 11.6 Å². The molecule has 1 heterocycles. The lowest BCUT2D eigenvalue weighted by Crippen LogP contribution is -2.43. The zero-order valence-electron chi connectivity index (χ0n) is 18.1. The molecule has 1 atom stereocenters. The number of halogens is 1. The fourth-order valence-corrected chi connectivity index (χ4v) is 6.05. The average Bonchev–Trinajstić information content (AvgIpc) is 2.75. The molecular weight excluding hydrogens is 474 g/mol. The van der Waals surface area contributed by atoms with E-state index in [1.165, 1.54) is 54.8 Å². The highest BCUT2D eigenvalue weighted by atomic mass is 35.5. The number of aryl methyl sites for hydroxylation is 1. The number of nitrogens with one attached hydrogen (secondary N) is 1. The molecule has 0 saturated carbocycles. The first-order valence-electron chi connectivity index (χ1n) is 10.0. The number of carbonyl (C=O) groups is 1. The predicted molar refractivity (Wildman–Crippen MR) is 124 cm³/mol. The topological polar surface area (TPSA) is 104 Å². The Labute approximate surface area is 194 Å². The number of hydrogen-bond donors (Lipinski definition) is 1. The summed E-state index contributed by atoms with van der Waals surface area (Å²) in [6.07, 6.45) is 1.08. The van der Waals surface area contributed by atoms with Crippen molar-refractivity contribution in [3.63, 3.8) is 0 Å². The Morgan fingerprint density at radius 2 is 1.69 bits per heavy atom. The lowest BCUT2D eigenvalue weighted by molar-refractivity contribution is -0.120. The van der Waals surface area contributed by atoms with Gasteiger partial charge in [-0.05, 0) is 61.7 Å². The van der Waals surface area contributed by atoms with Crippen LogP contribution in [0.25, 0.3) is 0 Å². The second-order valence-corrected chi connectivity index (χ2v) is 12.4. The number of benzene rings is 2. The van der Waals surface area contributed by atoms with Gasteiger partial charge in [0.15, 0.2) is 0 Å². The third-order valence-electron chi connectivity index (χ3n) is 5.45. The number of sulfonamides is 2. The van der Waals surface area contributed by atoms with Crippen molar-refractivity contribution in [1.82, 2.24) is 8.61 Å². The highest BCUT2D eigenvalue weighted by molar-refractivity contribution is 7.89. The number of piperidine rings is 1. The monoisotopic (exact) mass is 499 g/mol. The summed E-state index contributed by atoms with van der Waals surface area (Å²) in [5.74, 6) is -0.900. The molecule has 11 heteroatoms. The number of anilines is 1. The van der Waals surface area contributed by atoms with Gasteiger partial charge >= 0.3 is 0 Å². The highest BCUT2D eigenvalue weighted by Gasteiger charge is 2.33. The molecule has 1 aliphatic heterocycles. The van der Waals surface area contributed by atoms with Gasteiger partial charge in [-0.15, -0.1) is 0 Å². The SMILES string of the molecule is Cc1ccc(S(=O)(=O)N(C)C)cc1NC(=O)C1CCCN(S(=O)(=O)c2ccc(Cl)cc2)C1. The second kappa shape index (κ2) is 9.48. The summed E-state index contributed by atoms with van der Waals surface area (Å²) in [5, 5.41) is 3.23. The van der Waals surface area contributed by atoms with Crippen LogP contribution in [0.4, 0.5) is 5.69 Å². The molecule has 1 fully saturated rings. The van der Waals surface area contributed by atoms with E-state index in [0.717, 1.165) is 4.31 Å². The van der Waals surface area contributed by atoms with Crippen LogP contribution in [0.1, 0.15) is 18.4 Å². The first-order valence-corrected chi connectivity index (χ1v) is 13.3. The molecule has 1 amide bonds. The molecule has 3 rings (SSSR count). The minimum atomic E-state index is -3.75. The number of nitrogens with zero attached hydrogens (tertiary/aromatic N) is 2. The van der Waals surface area contributed by atoms with Crippen LogP contribution in [0.3, 0.4) is 0 Å². The standard InChI is InChI=1S/C21H26ClN3O5S2/c1-15-6-9-19(31(27,28)24(2)3)13-20(15)23-21(26)16-5-4-12-25(14-16)32(29,30)18-10-7-17(22)8-11-18/h6-11,13,16H,4-5,12,14H2,1-3H3,(H,23,26). The van der Waals surface area contributed by atoms with E-state index in [1.54, 1.807) is 13.0 Å². The van der Waals surface area contributed by atoms with Crippen LogP contribution < -0.4 is 5.32 Å². The molecular formula is C21H26ClN3O5S2. The second-order valence-electron chi connectivity index (χ2n) is 7.91. The fraction of sp³-hybridized carbons (Fsp3) is 0.381. The normalized spacial score (nSPS) is 18.0. The minimum absolute atomic E-state index is 0.0472. The lowest BCUT2D eigenvalue weighted by Gasteiger charge is -2.31. The Morgan fingerprint density at radius 1 is 1.06 bits per heavy atom. The highest BCUT2D eigenvalue weighted by Crippen LogP contribution is 2.27. The van der Waals surface area contributed by atoms with Gasteiger partial charge in [0.25, 0.3) is 0 Å². The van der Waals surface area contributed by atoms with Crippen LogP contribution in [0.2, 0.25) is 5.02 Å². The van der Waals surface area contributed by atoms with Crippen molar-refractivity contribution in [2.75, 3.05) is 32.5 Å². The van der Waals surface area contributed by atoms with Crippen LogP contribution in [-0.2, 0) is 24.8 Å². The number of rotatable bonds is 6. The number of amides is 1.